The first-order valence-electron chi connectivity index (χ1n) is 8.58. The number of ether oxygens (including phenoxy) is 1. The summed E-state index contributed by atoms with van der Waals surface area (Å²) in [6.07, 6.45) is 3.27. The second-order valence-corrected chi connectivity index (χ2v) is 7.13. The minimum absolute atomic E-state index is 0.169. The highest BCUT2D eigenvalue weighted by atomic mass is 32.1. The van der Waals surface area contributed by atoms with Crippen LogP contribution in [0.25, 0.3) is 21.1 Å². The molecule has 1 aromatic carbocycles. The van der Waals surface area contributed by atoms with Crippen LogP contribution < -0.4 is 5.56 Å². The molecule has 0 aliphatic rings. The van der Waals surface area contributed by atoms with Gasteiger partial charge in [-0.15, -0.1) is 11.3 Å². The summed E-state index contributed by atoms with van der Waals surface area (Å²) in [5, 5.41) is 1.49. The van der Waals surface area contributed by atoms with Crippen LogP contribution in [0, 0.1) is 6.92 Å². The number of rotatable bonds is 4. The fourth-order valence-corrected chi connectivity index (χ4v) is 4.17. The minimum Gasteiger partial charge on any atom is -0.462 e. The van der Waals surface area contributed by atoms with Gasteiger partial charge < -0.3 is 4.74 Å². The van der Waals surface area contributed by atoms with Gasteiger partial charge in [0.05, 0.1) is 30.4 Å². The number of hydrogen-bond donors (Lipinski definition) is 0. The highest BCUT2D eigenvalue weighted by Gasteiger charge is 2.20. The van der Waals surface area contributed by atoms with E-state index < -0.39 is 5.97 Å². The molecule has 27 heavy (non-hydrogen) atoms. The van der Waals surface area contributed by atoms with E-state index in [2.05, 4.69) is 9.97 Å². The Balaban J connectivity index is 1.81. The maximum atomic E-state index is 13.0. The van der Waals surface area contributed by atoms with Crippen LogP contribution in [0.5, 0.6) is 0 Å². The molecule has 0 bridgehead atoms. The number of benzene rings is 1. The van der Waals surface area contributed by atoms with Crippen LogP contribution in [0.15, 0.2) is 47.7 Å². The van der Waals surface area contributed by atoms with Gasteiger partial charge in [0, 0.05) is 11.6 Å². The smallest absolute Gasteiger partial charge is 0.348 e. The van der Waals surface area contributed by atoms with Gasteiger partial charge in [-0.3, -0.25) is 14.3 Å². The number of pyridine rings is 1. The van der Waals surface area contributed by atoms with Crippen molar-refractivity contribution < 1.29 is 9.53 Å². The molecule has 0 amide bonds. The molecule has 4 aromatic rings. The first kappa shape index (κ1) is 17.4. The highest BCUT2D eigenvalue weighted by molar-refractivity contribution is 7.20. The molecule has 0 N–H and O–H groups in total. The minimum atomic E-state index is -0.415. The summed E-state index contributed by atoms with van der Waals surface area (Å²) < 4.78 is 6.63. The van der Waals surface area contributed by atoms with E-state index >= 15 is 0 Å². The largest absolute Gasteiger partial charge is 0.462 e. The maximum Gasteiger partial charge on any atom is 0.348 e. The lowest BCUT2D eigenvalue weighted by Gasteiger charge is -2.08. The Labute approximate surface area is 159 Å². The number of aromatic nitrogens is 3. The monoisotopic (exact) mass is 379 g/mol. The zero-order valence-corrected chi connectivity index (χ0v) is 15.7. The molecule has 4 rings (SSSR count). The summed E-state index contributed by atoms with van der Waals surface area (Å²) in [5.41, 5.74) is 2.25. The molecule has 0 aliphatic heterocycles. The third kappa shape index (κ3) is 3.00. The summed E-state index contributed by atoms with van der Waals surface area (Å²) in [5.74, 6) is -0.415. The van der Waals surface area contributed by atoms with Crippen LogP contribution in [0.3, 0.4) is 0 Å². The molecule has 0 saturated heterocycles. The van der Waals surface area contributed by atoms with Crippen molar-refractivity contribution in [3.05, 3.63) is 69.2 Å². The number of thiophene rings is 1. The van der Waals surface area contributed by atoms with E-state index in [9.17, 15) is 9.59 Å². The number of para-hydroxylation sites is 1. The number of carbonyl (C=O) groups excluding carboxylic acids is 1. The van der Waals surface area contributed by atoms with Crippen molar-refractivity contribution in [2.45, 2.75) is 20.4 Å². The van der Waals surface area contributed by atoms with E-state index in [1.54, 1.807) is 24.6 Å². The van der Waals surface area contributed by atoms with Crippen molar-refractivity contribution in [3.63, 3.8) is 0 Å². The molecule has 0 atom stereocenters. The van der Waals surface area contributed by atoms with Crippen molar-refractivity contribution in [1.82, 2.24) is 14.5 Å². The Hall–Kier alpha value is -3.06. The van der Waals surface area contributed by atoms with Crippen molar-refractivity contribution >= 4 is 38.4 Å². The first-order chi connectivity index (χ1) is 13.1. The lowest BCUT2D eigenvalue weighted by atomic mass is 10.1. The Morgan fingerprint density at radius 3 is 2.85 bits per heavy atom. The fourth-order valence-electron chi connectivity index (χ4n) is 3.14. The van der Waals surface area contributed by atoms with Crippen LogP contribution in [0.1, 0.15) is 27.7 Å². The van der Waals surface area contributed by atoms with E-state index in [0.717, 1.165) is 16.5 Å². The van der Waals surface area contributed by atoms with Gasteiger partial charge in [0.1, 0.15) is 9.71 Å². The van der Waals surface area contributed by atoms with Gasteiger partial charge in [0.15, 0.2) is 0 Å². The average Bonchev–Trinajstić information content (AvgIpc) is 3.02. The predicted molar refractivity (Wildman–Crippen MR) is 105 cm³/mol. The van der Waals surface area contributed by atoms with Crippen molar-refractivity contribution in [3.8, 4) is 0 Å². The van der Waals surface area contributed by atoms with Crippen LogP contribution in [-0.2, 0) is 11.3 Å². The van der Waals surface area contributed by atoms with Crippen LogP contribution in [-0.4, -0.2) is 27.1 Å². The summed E-state index contributed by atoms with van der Waals surface area (Å²) >= 11 is 1.19. The molecule has 0 aliphatic carbocycles. The lowest BCUT2D eigenvalue weighted by Crippen LogP contribution is -2.21. The number of carbonyl (C=O) groups is 1. The Morgan fingerprint density at radius 2 is 2.04 bits per heavy atom. The van der Waals surface area contributed by atoms with Gasteiger partial charge in [-0.1, -0.05) is 24.3 Å². The molecule has 0 radical (unpaired) electrons. The second-order valence-electron chi connectivity index (χ2n) is 6.13. The van der Waals surface area contributed by atoms with Gasteiger partial charge in [0.25, 0.3) is 5.56 Å². The third-order valence-electron chi connectivity index (χ3n) is 4.44. The normalized spacial score (nSPS) is 11.2. The number of aryl methyl sites for hydroxylation is 1. The van der Waals surface area contributed by atoms with Crippen LogP contribution in [0.4, 0.5) is 0 Å². The first-order valence-corrected chi connectivity index (χ1v) is 9.40. The lowest BCUT2D eigenvalue weighted by molar-refractivity contribution is 0.0531. The molecule has 6 nitrogen and oxygen atoms in total. The Bertz CT molecular complexity index is 1220. The second kappa shape index (κ2) is 6.92. The van der Waals surface area contributed by atoms with E-state index in [0.29, 0.717) is 27.2 Å². The third-order valence-corrected chi connectivity index (χ3v) is 5.61. The van der Waals surface area contributed by atoms with Gasteiger partial charge in [-0.25, -0.2) is 9.78 Å². The van der Waals surface area contributed by atoms with Crippen molar-refractivity contribution in [2.75, 3.05) is 6.61 Å². The predicted octanol–water partition coefficient (Wildman–Crippen LogP) is 3.54. The van der Waals surface area contributed by atoms with Crippen LogP contribution in [0.2, 0.25) is 0 Å². The molecular formula is C20H17N3O3S. The molecule has 0 fully saturated rings. The standard InChI is InChI=1S/C20H17N3O3S/c1-3-26-20(25)17-12(2)15-18(27-17)22-11-23(19(15)24)10-14-7-4-6-13-8-5-9-21-16(13)14/h4-9,11H,3,10H2,1-2H3. The van der Waals surface area contributed by atoms with Crippen molar-refractivity contribution in [2.24, 2.45) is 0 Å². The zero-order valence-electron chi connectivity index (χ0n) is 14.9. The molecule has 0 spiro atoms. The number of esters is 1. The summed E-state index contributed by atoms with van der Waals surface area (Å²) in [4.78, 5) is 35.0. The molecule has 3 heterocycles. The highest BCUT2D eigenvalue weighted by Crippen LogP contribution is 2.27. The molecular weight excluding hydrogens is 362 g/mol. The average molecular weight is 379 g/mol. The number of fused-ring (bicyclic) bond motifs is 2. The Kier molecular flexibility index (Phi) is 4.45. The van der Waals surface area contributed by atoms with Crippen LogP contribution >= 0.6 is 11.3 Å². The fraction of sp³-hybridized carbons (Fsp3) is 0.200. The topological polar surface area (TPSA) is 74.1 Å². The van der Waals surface area contributed by atoms with Gasteiger partial charge in [-0.05, 0) is 31.0 Å². The molecule has 136 valence electrons. The number of nitrogens with zero attached hydrogens (tertiary/aromatic N) is 3. The number of hydrogen-bond acceptors (Lipinski definition) is 6. The molecule has 3 aromatic heterocycles. The van der Waals surface area contributed by atoms with E-state index in [-0.39, 0.29) is 12.2 Å². The molecule has 7 heteroatoms. The quantitative estimate of drug-likeness (QED) is 0.507. The molecule has 0 unspecified atom stereocenters. The van der Waals surface area contributed by atoms with Gasteiger partial charge in [0.2, 0.25) is 0 Å². The van der Waals surface area contributed by atoms with Gasteiger partial charge >= 0.3 is 5.97 Å². The van der Waals surface area contributed by atoms with Gasteiger partial charge in [-0.2, -0.15) is 0 Å². The zero-order chi connectivity index (χ0) is 19.0. The van der Waals surface area contributed by atoms with E-state index in [1.165, 1.54) is 17.7 Å². The SMILES string of the molecule is CCOC(=O)c1sc2ncn(Cc3cccc4cccnc34)c(=O)c2c1C. The van der Waals surface area contributed by atoms with E-state index in [4.69, 9.17) is 4.74 Å². The summed E-state index contributed by atoms with van der Waals surface area (Å²) in [7, 11) is 0. The van der Waals surface area contributed by atoms with E-state index in [1.807, 2.05) is 30.3 Å². The summed E-state index contributed by atoms with van der Waals surface area (Å²) in [6.45, 7) is 4.17. The summed E-state index contributed by atoms with van der Waals surface area (Å²) in [6, 6.07) is 9.77. The van der Waals surface area contributed by atoms with Crippen molar-refractivity contribution in [1.29, 1.82) is 0 Å². The molecule has 0 saturated carbocycles. The Morgan fingerprint density at radius 1 is 1.22 bits per heavy atom. The maximum absolute atomic E-state index is 13.0.